The van der Waals surface area contributed by atoms with Crippen molar-refractivity contribution in [2.45, 2.75) is 32.1 Å². The molecule has 0 radical (unpaired) electrons. The van der Waals surface area contributed by atoms with E-state index in [1.807, 2.05) is 24.0 Å². The van der Waals surface area contributed by atoms with Crippen LogP contribution in [0.4, 0.5) is 0 Å². The molecule has 84 valence electrons. The van der Waals surface area contributed by atoms with Crippen molar-refractivity contribution in [3.05, 3.63) is 35.4 Å². The fraction of sp³-hybridized carbons (Fsp3) is 0.462. The molecular weight excluding hydrogens is 202 g/mol. The van der Waals surface area contributed by atoms with Crippen molar-refractivity contribution in [2.75, 3.05) is 6.54 Å². The summed E-state index contributed by atoms with van der Waals surface area (Å²) in [6, 6.07) is 8.25. The van der Waals surface area contributed by atoms with Crippen LogP contribution in [0.2, 0.25) is 0 Å². The number of hydrogen-bond acceptors (Lipinski definition) is 2. The summed E-state index contributed by atoms with van der Waals surface area (Å²) in [4.78, 5) is 13.8. The molecule has 1 aromatic carbocycles. The first-order valence-electron chi connectivity index (χ1n) is 5.78. The van der Waals surface area contributed by atoms with Crippen LogP contribution in [-0.2, 0) is 16.0 Å². The van der Waals surface area contributed by atoms with Gasteiger partial charge in [-0.1, -0.05) is 24.3 Å². The largest absolute Gasteiger partial charge is 0.350 e. The minimum Gasteiger partial charge on any atom is -0.350 e. The van der Waals surface area contributed by atoms with Gasteiger partial charge in [0.15, 0.2) is 6.23 Å². The van der Waals surface area contributed by atoms with Gasteiger partial charge in [-0.3, -0.25) is 4.79 Å². The standard InChI is InChI=1S/C13H15NO2/c1-9-8-12(15)14-7-6-10-4-2-3-5-11(10)13(14)16-9/h2-5,9,13H,6-8H2,1H3. The molecule has 3 rings (SSSR count). The highest BCUT2D eigenvalue weighted by Crippen LogP contribution is 2.35. The second-order valence-electron chi connectivity index (χ2n) is 4.54. The lowest BCUT2D eigenvalue weighted by molar-refractivity contribution is -0.175. The van der Waals surface area contributed by atoms with Crippen molar-refractivity contribution in [2.24, 2.45) is 0 Å². The molecule has 0 spiro atoms. The fourth-order valence-corrected chi connectivity index (χ4v) is 2.56. The fourth-order valence-electron chi connectivity index (χ4n) is 2.56. The highest BCUT2D eigenvalue weighted by atomic mass is 16.5. The maximum absolute atomic E-state index is 11.9. The molecule has 0 saturated carbocycles. The van der Waals surface area contributed by atoms with Crippen LogP contribution >= 0.6 is 0 Å². The molecule has 1 aromatic rings. The number of carbonyl (C=O) groups excluding carboxylic acids is 1. The maximum atomic E-state index is 11.9. The third kappa shape index (κ3) is 1.43. The molecule has 2 unspecified atom stereocenters. The number of carbonyl (C=O) groups is 1. The SMILES string of the molecule is CC1CC(=O)N2CCc3ccccc3C2O1. The normalized spacial score (nSPS) is 28.6. The monoisotopic (exact) mass is 217 g/mol. The molecule has 3 heteroatoms. The predicted molar refractivity (Wildman–Crippen MR) is 59.8 cm³/mol. The molecule has 0 aromatic heterocycles. The van der Waals surface area contributed by atoms with Gasteiger partial charge in [-0.25, -0.2) is 0 Å². The number of hydrogen-bond donors (Lipinski definition) is 0. The summed E-state index contributed by atoms with van der Waals surface area (Å²) in [6.07, 6.45) is 1.33. The Bertz CT molecular complexity index is 430. The Hall–Kier alpha value is -1.35. The number of ether oxygens (including phenoxy) is 1. The molecule has 1 amide bonds. The van der Waals surface area contributed by atoms with E-state index in [1.54, 1.807) is 0 Å². The maximum Gasteiger partial charge on any atom is 0.227 e. The van der Waals surface area contributed by atoms with E-state index in [0.29, 0.717) is 6.42 Å². The Balaban J connectivity index is 2.01. The summed E-state index contributed by atoms with van der Waals surface area (Å²) in [7, 11) is 0. The van der Waals surface area contributed by atoms with Crippen LogP contribution < -0.4 is 0 Å². The Kier molecular flexibility index (Phi) is 2.21. The smallest absolute Gasteiger partial charge is 0.227 e. The van der Waals surface area contributed by atoms with Gasteiger partial charge in [-0.05, 0) is 18.9 Å². The minimum absolute atomic E-state index is 0.0277. The van der Waals surface area contributed by atoms with Gasteiger partial charge in [-0.15, -0.1) is 0 Å². The van der Waals surface area contributed by atoms with E-state index in [0.717, 1.165) is 18.5 Å². The van der Waals surface area contributed by atoms with Crippen LogP contribution in [-0.4, -0.2) is 23.5 Å². The van der Waals surface area contributed by atoms with E-state index in [1.165, 1.54) is 5.56 Å². The molecule has 0 bridgehead atoms. The number of rotatable bonds is 0. The van der Waals surface area contributed by atoms with Gasteiger partial charge in [0, 0.05) is 12.1 Å². The van der Waals surface area contributed by atoms with Gasteiger partial charge in [0.2, 0.25) is 5.91 Å². The van der Waals surface area contributed by atoms with Crippen molar-refractivity contribution >= 4 is 5.91 Å². The number of benzene rings is 1. The lowest BCUT2D eigenvalue weighted by Crippen LogP contribution is -2.47. The second kappa shape index (κ2) is 3.59. The topological polar surface area (TPSA) is 29.5 Å². The van der Waals surface area contributed by atoms with E-state index in [4.69, 9.17) is 4.74 Å². The Labute approximate surface area is 95.0 Å². The van der Waals surface area contributed by atoms with Crippen LogP contribution in [0.25, 0.3) is 0 Å². The van der Waals surface area contributed by atoms with Crippen molar-refractivity contribution in [3.63, 3.8) is 0 Å². The molecule has 16 heavy (non-hydrogen) atoms. The summed E-state index contributed by atoms with van der Waals surface area (Å²) in [5.74, 6) is 0.221. The summed E-state index contributed by atoms with van der Waals surface area (Å²) < 4.78 is 5.89. The minimum atomic E-state index is -0.152. The summed E-state index contributed by atoms with van der Waals surface area (Å²) in [5, 5.41) is 0. The van der Waals surface area contributed by atoms with E-state index in [-0.39, 0.29) is 18.2 Å². The molecular formula is C13H15NO2. The zero-order valence-electron chi connectivity index (χ0n) is 9.35. The number of nitrogens with zero attached hydrogens (tertiary/aromatic N) is 1. The first-order chi connectivity index (χ1) is 7.75. The second-order valence-corrected chi connectivity index (χ2v) is 4.54. The Morgan fingerprint density at radius 3 is 3.06 bits per heavy atom. The van der Waals surface area contributed by atoms with Crippen molar-refractivity contribution < 1.29 is 9.53 Å². The van der Waals surface area contributed by atoms with Gasteiger partial charge in [0.1, 0.15) is 0 Å². The van der Waals surface area contributed by atoms with Crippen LogP contribution in [0.1, 0.15) is 30.7 Å². The average Bonchev–Trinajstić information content (AvgIpc) is 2.28. The average molecular weight is 217 g/mol. The Morgan fingerprint density at radius 2 is 2.19 bits per heavy atom. The first kappa shape index (κ1) is 9.85. The van der Waals surface area contributed by atoms with Crippen molar-refractivity contribution in [1.82, 2.24) is 4.90 Å². The molecule has 2 heterocycles. The van der Waals surface area contributed by atoms with Crippen LogP contribution in [0.5, 0.6) is 0 Å². The van der Waals surface area contributed by atoms with Gasteiger partial charge >= 0.3 is 0 Å². The first-order valence-corrected chi connectivity index (χ1v) is 5.78. The predicted octanol–water partition coefficient (Wildman–Crippen LogP) is 1.88. The van der Waals surface area contributed by atoms with E-state index < -0.39 is 0 Å². The van der Waals surface area contributed by atoms with Crippen molar-refractivity contribution in [1.29, 1.82) is 0 Å². The van der Waals surface area contributed by atoms with E-state index >= 15 is 0 Å². The van der Waals surface area contributed by atoms with Gasteiger partial charge in [0.25, 0.3) is 0 Å². The number of fused-ring (bicyclic) bond motifs is 3. The molecule has 2 aliphatic rings. The molecule has 1 fully saturated rings. The summed E-state index contributed by atoms with van der Waals surface area (Å²) >= 11 is 0. The molecule has 2 atom stereocenters. The zero-order valence-corrected chi connectivity index (χ0v) is 9.35. The molecule has 1 saturated heterocycles. The third-order valence-corrected chi connectivity index (χ3v) is 3.37. The van der Waals surface area contributed by atoms with Crippen molar-refractivity contribution in [3.8, 4) is 0 Å². The van der Waals surface area contributed by atoms with Gasteiger partial charge in [0.05, 0.1) is 12.5 Å². The van der Waals surface area contributed by atoms with Crippen LogP contribution in [0.3, 0.4) is 0 Å². The van der Waals surface area contributed by atoms with Gasteiger partial charge < -0.3 is 9.64 Å². The van der Waals surface area contributed by atoms with E-state index in [2.05, 4.69) is 12.1 Å². The highest BCUT2D eigenvalue weighted by molar-refractivity contribution is 5.78. The molecule has 0 aliphatic carbocycles. The molecule has 3 nitrogen and oxygen atoms in total. The number of amides is 1. The Morgan fingerprint density at radius 1 is 1.38 bits per heavy atom. The lowest BCUT2D eigenvalue weighted by atomic mass is 9.96. The molecule has 0 N–H and O–H groups in total. The zero-order chi connectivity index (χ0) is 11.1. The highest BCUT2D eigenvalue weighted by Gasteiger charge is 2.36. The quantitative estimate of drug-likeness (QED) is 0.664. The summed E-state index contributed by atoms with van der Waals surface area (Å²) in [5.41, 5.74) is 2.47. The van der Waals surface area contributed by atoms with Gasteiger partial charge in [-0.2, -0.15) is 0 Å². The summed E-state index contributed by atoms with van der Waals surface area (Å²) in [6.45, 7) is 2.75. The lowest BCUT2D eigenvalue weighted by Gasteiger charge is -2.42. The van der Waals surface area contributed by atoms with Crippen LogP contribution in [0.15, 0.2) is 24.3 Å². The molecule has 2 aliphatic heterocycles. The van der Waals surface area contributed by atoms with Crippen LogP contribution in [0, 0.1) is 0 Å². The third-order valence-electron chi connectivity index (χ3n) is 3.37. The van der Waals surface area contributed by atoms with E-state index in [9.17, 15) is 4.79 Å².